The molecule has 0 aliphatic carbocycles. The number of carbonyl (C=O) groups excluding carboxylic acids is 1. The van der Waals surface area contributed by atoms with Gasteiger partial charge in [0.2, 0.25) is 5.91 Å². The zero-order valence-corrected chi connectivity index (χ0v) is 14.8. The number of carbonyl (C=O) groups is 1. The molecule has 2 aliphatic heterocycles. The molecule has 2 saturated heterocycles. The van der Waals surface area contributed by atoms with E-state index in [9.17, 15) is 4.79 Å². The van der Waals surface area contributed by atoms with E-state index in [1.165, 1.54) is 12.8 Å². The Morgan fingerprint density at radius 3 is 2.83 bits per heavy atom. The maximum absolute atomic E-state index is 12.6. The molecule has 7 nitrogen and oxygen atoms in total. The van der Waals surface area contributed by atoms with Crippen LogP contribution in [0, 0.1) is 18.8 Å². The van der Waals surface area contributed by atoms with Gasteiger partial charge in [-0.3, -0.25) is 4.79 Å². The molecular weight excluding hydrogens is 306 g/mol. The van der Waals surface area contributed by atoms with E-state index in [0.29, 0.717) is 19.1 Å². The summed E-state index contributed by atoms with van der Waals surface area (Å²) in [6.45, 7) is 7.98. The fourth-order valence-corrected chi connectivity index (χ4v) is 3.70. The van der Waals surface area contributed by atoms with E-state index in [1.54, 1.807) is 4.80 Å². The van der Waals surface area contributed by atoms with Gasteiger partial charge in [-0.25, -0.2) is 0 Å². The van der Waals surface area contributed by atoms with Crippen LogP contribution in [0.4, 0.5) is 0 Å². The summed E-state index contributed by atoms with van der Waals surface area (Å²) in [4.78, 5) is 14.3. The van der Waals surface area contributed by atoms with E-state index < -0.39 is 0 Å². The number of nitrogens with one attached hydrogen (secondary N) is 2. The second kappa shape index (κ2) is 8.07. The third-order valence-corrected chi connectivity index (χ3v) is 5.20. The summed E-state index contributed by atoms with van der Waals surface area (Å²) in [6, 6.07) is 0. The van der Waals surface area contributed by atoms with Gasteiger partial charge in [0.1, 0.15) is 5.69 Å². The first kappa shape index (κ1) is 17.4. The predicted octanol–water partition coefficient (Wildman–Crippen LogP) is 1.02. The normalized spacial score (nSPS) is 25.1. The highest BCUT2D eigenvalue weighted by Gasteiger charge is 2.35. The van der Waals surface area contributed by atoms with Crippen molar-refractivity contribution >= 4 is 5.91 Å². The van der Waals surface area contributed by atoms with Gasteiger partial charge in [0, 0.05) is 6.61 Å². The Labute approximate surface area is 143 Å². The highest BCUT2D eigenvalue weighted by Crippen LogP contribution is 2.29. The van der Waals surface area contributed by atoms with Gasteiger partial charge in [-0.1, -0.05) is 0 Å². The van der Waals surface area contributed by atoms with E-state index in [2.05, 4.69) is 20.8 Å². The lowest BCUT2D eigenvalue weighted by Gasteiger charge is -2.27. The lowest BCUT2D eigenvalue weighted by atomic mass is 9.87. The summed E-state index contributed by atoms with van der Waals surface area (Å²) in [6.07, 6.45) is 4.27. The van der Waals surface area contributed by atoms with Crippen LogP contribution in [0.5, 0.6) is 0 Å². The van der Waals surface area contributed by atoms with Gasteiger partial charge >= 0.3 is 0 Å². The van der Waals surface area contributed by atoms with Crippen molar-refractivity contribution in [3.8, 4) is 0 Å². The summed E-state index contributed by atoms with van der Waals surface area (Å²) >= 11 is 0. The summed E-state index contributed by atoms with van der Waals surface area (Å²) in [5.74, 6) is 0.745. The molecule has 0 unspecified atom stereocenters. The quantitative estimate of drug-likeness (QED) is 0.811. The number of aromatic nitrogens is 3. The monoisotopic (exact) mass is 335 g/mol. The summed E-state index contributed by atoms with van der Waals surface area (Å²) in [5.41, 5.74) is 1.73. The standard InChI is InChI=1S/C17H29N5O2/c1-3-22-20-12(2)15(21-22)11-19-17(23)14-6-9-24-16(14)10-13-4-7-18-8-5-13/h13-14,16,18H,3-11H2,1-2H3,(H,19,23)/t14-,16-/m1/s1. The Kier molecular flexibility index (Phi) is 5.84. The summed E-state index contributed by atoms with van der Waals surface area (Å²) in [5, 5.41) is 15.1. The second-order valence-electron chi connectivity index (χ2n) is 6.87. The number of hydrogen-bond acceptors (Lipinski definition) is 5. The lowest BCUT2D eigenvalue weighted by Crippen LogP contribution is -2.37. The fourth-order valence-electron chi connectivity index (χ4n) is 3.70. The van der Waals surface area contributed by atoms with Crippen molar-refractivity contribution < 1.29 is 9.53 Å². The number of ether oxygens (including phenoxy) is 1. The molecule has 2 fully saturated rings. The van der Waals surface area contributed by atoms with Gasteiger partial charge in [0.15, 0.2) is 0 Å². The number of nitrogens with zero attached hydrogens (tertiary/aromatic N) is 3. The molecule has 7 heteroatoms. The molecule has 2 atom stereocenters. The number of amides is 1. The first-order chi connectivity index (χ1) is 11.7. The Balaban J connectivity index is 1.52. The highest BCUT2D eigenvalue weighted by atomic mass is 16.5. The lowest BCUT2D eigenvalue weighted by molar-refractivity contribution is -0.127. The van der Waals surface area contributed by atoms with Crippen molar-refractivity contribution in [2.45, 2.75) is 58.7 Å². The van der Waals surface area contributed by atoms with E-state index >= 15 is 0 Å². The molecule has 2 aliphatic rings. The fraction of sp³-hybridized carbons (Fsp3) is 0.824. The molecule has 0 bridgehead atoms. The highest BCUT2D eigenvalue weighted by molar-refractivity contribution is 5.79. The average Bonchev–Trinajstić information content (AvgIpc) is 3.20. The average molecular weight is 335 g/mol. The van der Waals surface area contributed by atoms with E-state index in [-0.39, 0.29) is 17.9 Å². The minimum atomic E-state index is -0.0265. The van der Waals surface area contributed by atoms with Crippen molar-refractivity contribution in [2.24, 2.45) is 11.8 Å². The minimum absolute atomic E-state index is 0.0265. The first-order valence-electron chi connectivity index (χ1n) is 9.18. The van der Waals surface area contributed by atoms with Gasteiger partial charge in [-0.15, -0.1) is 0 Å². The molecule has 134 valence electrons. The van der Waals surface area contributed by atoms with E-state index in [4.69, 9.17) is 4.74 Å². The molecule has 3 heterocycles. The van der Waals surface area contributed by atoms with Gasteiger partial charge in [0.05, 0.1) is 30.8 Å². The van der Waals surface area contributed by atoms with Crippen LogP contribution in [0.15, 0.2) is 0 Å². The Hall–Kier alpha value is -1.47. The Morgan fingerprint density at radius 1 is 1.33 bits per heavy atom. The topological polar surface area (TPSA) is 81.1 Å². The van der Waals surface area contributed by atoms with Gasteiger partial charge in [-0.05, 0) is 58.5 Å². The van der Waals surface area contributed by atoms with Crippen LogP contribution in [-0.2, 0) is 22.6 Å². The predicted molar refractivity (Wildman–Crippen MR) is 90.3 cm³/mol. The molecule has 1 aromatic rings. The largest absolute Gasteiger partial charge is 0.377 e. The number of rotatable bonds is 6. The third-order valence-electron chi connectivity index (χ3n) is 5.20. The van der Waals surface area contributed by atoms with Crippen LogP contribution in [-0.4, -0.2) is 46.7 Å². The zero-order chi connectivity index (χ0) is 16.9. The number of hydrogen-bond donors (Lipinski definition) is 2. The van der Waals surface area contributed by atoms with Crippen molar-refractivity contribution in [1.29, 1.82) is 0 Å². The third kappa shape index (κ3) is 4.13. The molecule has 0 radical (unpaired) electrons. The summed E-state index contributed by atoms with van der Waals surface area (Å²) < 4.78 is 5.87. The first-order valence-corrected chi connectivity index (χ1v) is 9.18. The minimum Gasteiger partial charge on any atom is -0.377 e. The molecule has 3 rings (SSSR count). The molecular formula is C17H29N5O2. The molecule has 1 amide bonds. The summed E-state index contributed by atoms with van der Waals surface area (Å²) in [7, 11) is 0. The van der Waals surface area contributed by atoms with Crippen molar-refractivity contribution in [3.05, 3.63) is 11.4 Å². The van der Waals surface area contributed by atoms with Crippen LogP contribution in [0.2, 0.25) is 0 Å². The molecule has 1 aromatic heterocycles. The molecule has 0 spiro atoms. The Bertz CT molecular complexity index is 553. The van der Waals surface area contributed by atoms with Crippen molar-refractivity contribution in [1.82, 2.24) is 25.6 Å². The zero-order valence-electron chi connectivity index (χ0n) is 14.8. The van der Waals surface area contributed by atoms with Crippen LogP contribution < -0.4 is 10.6 Å². The van der Waals surface area contributed by atoms with Crippen LogP contribution >= 0.6 is 0 Å². The Morgan fingerprint density at radius 2 is 2.12 bits per heavy atom. The van der Waals surface area contributed by atoms with Crippen molar-refractivity contribution in [2.75, 3.05) is 19.7 Å². The van der Waals surface area contributed by atoms with Gasteiger partial charge in [0.25, 0.3) is 0 Å². The van der Waals surface area contributed by atoms with Crippen molar-refractivity contribution in [3.63, 3.8) is 0 Å². The maximum atomic E-state index is 12.6. The molecule has 0 saturated carbocycles. The van der Waals surface area contributed by atoms with Crippen LogP contribution in [0.1, 0.15) is 44.0 Å². The number of piperidine rings is 1. The van der Waals surface area contributed by atoms with E-state index in [0.717, 1.165) is 43.9 Å². The SMILES string of the molecule is CCn1nc(C)c(CNC(=O)[C@@H]2CCO[C@@H]2CC2CCNCC2)n1. The van der Waals surface area contributed by atoms with Gasteiger partial charge < -0.3 is 15.4 Å². The van der Waals surface area contributed by atoms with E-state index in [1.807, 2.05) is 13.8 Å². The number of aryl methyl sites for hydroxylation is 2. The van der Waals surface area contributed by atoms with Gasteiger partial charge in [-0.2, -0.15) is 15.0 Å². The molecule has 24 heavy (non-hydrogen) atoms. The second-order valence-corrected chi connectivity index (χ2v) is 6.87. The smallest absolute Gasteiger partial charge is 0.226 e. The molecule has 2 N–H and O–H groups in total. The van der Waals surface area contributed by atoms with Crippen LogP contribution in [0.3, 0.4) is 0 Å². The van der Waals surface area contributed by atoms with Crippen LogP contribution in [0.25, 0.3) is 0 Å². The molecule has 0 aromatic carbocycles. The maximum Gasteiger partial charge on any atom is 0.226 e.